The smallest absolute Gasteiger partial charge is 0.344 e. The molecule has 0 bridgehead atoms. The van der Waals surface area contributed by atoms with Crippen LogP contribution in [0.15, 0.2) is 36.4 Å². The van der Waals surface area contributed by atoms with E-state index in [0.717, 1.165) is 42.5 Å². The topological polar surface area (TPSA) is 68.1 Å². The normalized spacial score (nSPS) is 19.8. The van der Waals surface area contributed by atoms with Gasteiger partial charge < -0.3 is 20.1 Å². The number of hydroxylamine groups is 2. The van der Waals surface area contributed by atoms with Crippen LogP contribution >= 0.6 is 23.2 Å². The van der Waals surface area contributed by atoms with Gasteiger partial charge in [0, 0.05) is 35.1 Å². The van der Waals surface area contributed by atoms with Gasteiger partial charge in [-0.25, -0.2) is 4.79 Å². The number of carbonyl (C=O) groups is 2. The van der Waals surface area contributed by atoms with Gasteiger partial charge in [0.15, 0.2) is 0 Å². The third-order valence-corrected chi connectivity index (χ3v) is 8.15. The average molecular weight is 533 g/mol. The lowest BCUT2D eigenvalue weighted by atomic mass is 9.93. The molecule has 1 aliphatic carbocycles. The first kappa shape index (κ1) is 27.1. The Labute approximate surface area is 223 Å². The van der Waals surface area contributed by atoms with Gasteiger partial charge in [-0.05, 0) is 80.7 Å². The van der Waals surface area contributed by atoms with E-state index < -0.39 is 11.0 Å². The lowest BCUT2D eigenvalue weighted by Gasteiger charge is -2.31. The predicted octanol–water partition coefficient (Wildman–Crippen LogP) is 4.47. The number of hydrogen-bond donors (Lipinski definition) is 1. The number of halogens is 2. The molecule has 1 saturated heterocycles. The zero-order valence-corrected chi connectivity index (χ0v) is 22.6. The van der Waals surface area contributed by atoms with Crippen molar-refractivity contribution in [2.24, 2.45) is 5.92 Å². The molecule has 8 heteroatoms. The van der Waals surface area contributed by atoms with Gasteiger partial charge in [0.2, 0.25) is 5.91 Å². The second-order valence-corrected chi connectivity index (χ2v) is 11.1. The van der Waals surface area contributed by atoms with Crippen LogP contribution in [0.25, 0.3) is 11.1 Å². The molecular formula is C28H35Cl2N3O3. The molecule has 36 heavy (non-hydrogen) atoms. The van der Waals surface area contributed by atoms with Crippen LogP contribution in [0.2, 0.25) is 10.0 Å². The summed E-state index contributed by atoms with van der Waals surface area (Å²) in [6.45, 7) is 1.56. The van der Waals surface area contributed by atoms with Gasteiger partial charge in [0.25, 0.3) is 0 Å². The van der Waals surface area contributed by atoms with Crippen LogP contribution in [-0.2, 0) is 11.2 Å². The molecule has 0 aromatic heterocycles. The molecule has 6 nitrogen and oxygen atoms in total. The highest BCUT2D eigenvalue weighted by Gasteiger charge is 2.36. The van der Waals surface area contributed by atoms with Gasteiger partial charge in [0.1, 0.15) is 0 Å². The molecule has 1 N–H and O–H groups in total. The van der Waals surface area contributed by atoms with Crippen LogP contribution < -0.4 is 5.06 Å². The van der Waals surface area contributed by atoms with Gasteiger partial charge in [0.05, 0.1) is 12.1 Å². The van der Waals surface area contributed by atoms with Gasteiger partial charge in [-0.3, -0.25) is 4.79 Å². The maximum absolute atomic E-state index is 13.1. The highest BCUT2D eigenvalue weighted by atomic mass is 35.5. The number of carbonyl (C=O) groups excluding carboxylic acids is 2. The van der Waals surface area contributed by atoms with Gasteiger partial charge in [-0.15, -0.1) is 0 Å². The van der Waals surface area contributed by atoms with Crippen molar-refractivity contribution in [3.8, 4) is 11.1 Å². The van der Waals surface area contributed by atoms with Crippen molar-refractivity contribution in [1.29, 1.82) is 0 Å². The van der Waals surface area contributed by atoms with Crippen molar-refractivity contribution in [3.05, 3.63) is 62.8 Å². The minimum absolute atomic E-state index is 0.0805. The summed E-state index contributed by atoms with van der Waals surface area (Å²) in [6, 6.07) is 11.0. The van der Waals surface area contributed by atoms with E-state index in [4.69, 9.17) is 23.2 Å². The second kappa shape index (κ2) is 12.1. The Morgan fingerprint density at radius 3 is 2.28 bits per heavy atom. The maximum atomic E-state index is 13.1. The van der Waals surface area contributed by atoms with E-state index in [9.17, 15) is 14.8 Å². The average Bonchev–Trinajstić information content (AvgIpc) is 3.24. The van der Waals surface area contributed by atoms with E-state index in [1.165, 1.54) is 19.3 Å². The summed E-state index contributed by atoms with van der Waals surface area (Å²) in [7, 11) is 3.73. The summed E-state index contributed by atoms with van der Waals surface area (Å²) >= 11 is 13.3. The van der Waals surface area contributed by atoms with Crippen molar-refractivity contribution < 1.29 is 14.7 Å². The fourth-order valence-corrected chi connectivity index (χ4v) is 5.97. The van der Waals surface area contributed by atoms with Crippen molar-refractivity contribution in [2.75, 3.05) is 33.7 Å². The molecule has 2 atom stereocenters. The number of hydrogen-bond acceptors (Lipinski definition) is 4. The third-order valence-electron chi connectivity index (χ3n) is 7.48. The standard InChI is InChI=1S/C28H35Cl2N3O3/c1-31(2)14-15-33(36)28(35)20-10-8-19(9-11-20)22-17-25(29)24(26(30)18-22)16-21-12-13-32(27(21)34)23-6-4-3-5-7-23/h8-11,17-18,21,23,33H,3-7,12-16H2,1-2H3. The Balaban J connectivity index is 1.43. The summed E-state index contributed by atoms with van der Waals surface area (Å²) < 4.78 is 0. The van der Waals surface area contributed by atoms with E-state index in [0.29, 0.717) is 34.6 Å². The zero-order chi connectivity index (χ0) is 25.8. The van der Waals surface area contributed by atoms with E-state index in [2.05, 4.69) is 4.90 Å². The number of benzene rings is 2. The van der Waals surface area contributed by atoms with Crippen molar-refractivity contribution in [3.63, 3.8) is 0 Å². The van der Waals surface area contributed by atoms with Crippen LogP contribution in [0.4, 0.5) is 0 Å². The van der Waals surface area contributed by atoms with Crippen molar-refractivity contribution in [1.82, 2.24) is 9.80 Å². The summed E-state index contributed by atoms with van der Waals surface area (Å²) in [5.74, 6) is -0.320. The minimum Gasteiger partial charge on any atom is -0.626 e. The fraction of sp³-hybridized carbons (Fsp3) is 0.500. The van der Waals surface area contributed by atoms with Gasteiger partial charge in [-0.1, -0.05) is 54.6 Å². The summed E-state index contributed by atoms with van der Waals surface area (Å²) in [4.78, 5) is 29.5. The largest absolute Gasteiger partial charge is 0.626 e. The molecule has 2 fully saturated rings. The first-order valence-corrected chi connectivity index (χ1v) is 13.6. The number of likely N-dealkylation sites (N-methyl/N-ethyl adjacent to an activating group) is 1. The SMILES string of the molecule is CN(C)CC[NH+]([O-])C(=O)c1ccc(-c2cc(Cl)c(CC3CCN(C4CCCCC4)C3=O)c(Cl)c2)cc1. The number of quaternary nitrogens is 1. The third kappa shape index (κ3) is 6.29. The Morgan fingerprint density at radius 1 is 1.03 bits per heavy atom. The first-order valence-electron chi connectivity index (χ1n) is 12.9. The van der Waals surface area contributed by atoms with Crippen LogP contribution in [-0.4, -0.2) is 61.4 Å². The van der Waals surface area contributed by atoms with Crippen LogP contribution in [0.1, 0.15) is 54.4 Å². The minimum atomic E-state index is -0.474. The Morgan fingerprint density at radius 2 is 1.67 bits per heavy atom. The molecule has 2 unspecified atom stereocenters. The zero-order valence-electron chi connectivity index (χ0n) is 21.1. The quantitative estimate of drug-likeness (QED) is 0.510. The van der Waals surface area contributed by atoms with Crippen LogP contribution in [0.5, 0.6) is 0 Å². The molecule has 1 aliphatic heterocycles. The molecule has 1 saturated carbocycles. The van der Waals surface area contributed by atoms with Crippen molar-refractivity contribution >= 4 is 35.0 Å². The van der Waals surface area contributed by atoms with Gasteiger partial charge in [-0.2, -0.15) is 0 Å². The van der Waals surface area contributed by atoms with E-state index in [-0.39, 0.29) is 18.4 Å². The molecule has 2 aromatic rings. The van der Waals surface area contributed by atoms with E-state index >= 15 is 0 Å². The Kier molecular flexibility index (Phi) is 9.07. The first-order chi connectivity index (χ1) is 17.2. The highest BCUT2D eigenvalue weighted by molar-refractivity contribution is 6.36. The summed E-state index contributed by atoms with van der Waals surface area (Å²) in [6.07, 6.45) is 7.30. The monoisotopic (exact) mass is 531 g/mol. The molecular weight excluding hydrogens is 497 g/mol. The Hall–Kier alpha value is -1.96. The number of amides is 2. The number of nitrogens with one attached hydrogen (secondary N) is 1. The highest BCUT2D eigenvalue weighted by Crippen LogP contribution is 2.36. The lowest BCUT2D eigenvalue weighted by molar-refractivity contribution is -0.757. The summed E-state index contributed by atoms with van der Waals surface area (Å²) in [5.41, 5.74) is 2.86. The Bertz CT molecular complexity index is 1060. The number of likely N-dealkylation sites (tertiary alicyclic amines) is 1. The second-order valence-electron chi connectivity index (χ2n) is 10.3. The maximum Gasteiger partial charge on any atom is 0.344 e. The molecule has 194 valence electrons. The molecule has 2 aromatic carbocycles. The number of nitrogens with zero attached hydrogens (tertiary/aromatic N) is 2. The predicted molar refractivity (Wildman–Crippen MR) is 144 cm³/mol. The number of rotatable bonds is 8. The summed E-state index contributed by atoms with van der Waals surface area (Å²) in [5, 5.41) is 12.9. The molecule has 2 amide bonds. The van der Waals surface area contributed by atoms with Crippen LogP contribution in [0.3, 0.4) is 0 Å². The molecule has 2 aliphatic rings. The lowest BCUT2D eigenvalue weighted by Crippen LogP contribution is -3.10. The van der Waals surface area contributed by atoms with Crippen LogP contribution in [0, 0.1) is 11.1 Å². The molecule has 0 radical (unpaired) electrons. The fourth-order valence-electron chi connectivity index (χ4n) is 5.33. The molecule has 1 heterocycles. The van der Waals surface area contributed by atoms with E-state index in [1.54, 1.807) is 24.3 Å². The van der Waals surface area contributed by atoms with Crippen molar-refractivity contribution in [2.45, 2.75) is 51.0 Å². The molecule has 0 spiro atoms. The molecule has 4 rings (SSSR count). The van der Waals surface area contributed by atoms with Gasteiger partial charge >= 0.3 is 5.91 Å². The van der Waals surface area contributed by atoms with E-state index in [1.807, 2.05) is 31.1 Å².